The molecule has 148 valence electrons. The Hall–Kier alpha value is -3.01. The lowest BCUT2D eigenvalue weighted by Gasteiger charge is -2.40. The van der Waals surface area contributed by atoms with Gasteiger partial charge >= 0.3 is 0 Å². The molecule has 28 heavy (non-hydrogen) atoms. The molecule has 0 atom stereocenters. The van der Waals surface area contributed by atoms with Crippen molar-refractivity contribution >= 4 is 21.6 Å². The zero-order valence-electron chi connectivity index (χ0n) is 14.8. The lowest BCUT2D eigenvalue weighted by atomic mass is 9.64. The summed E-state index contributed by atoms with van der Waals surface area (Å²) in [5, 5.41) is 11.3. The summed E-state index contributed by atoms with van der Waals surface area (Å²) < 4.78 is 45.4. The number of nitrogens with one attached hydrogen (secondary N) is 1. The first kappa shape index (κ1) is 19.7. The van der Waals surface area contributed by atoms with Crippen molar-refractivity contribution in [2.45, 2.75) is 29.6 Å². The number of hydrogen-bond acceptors (Lipinski definition) is 6. The molecule has 0 spiro atoms. The molecular formula is C18H17FN2O6S. The van der Waals surface area contributed by atoms with Gasteiger partial charge in [-0.3, -0.25) is 14.9 Å². The molecule has 0 saturated heterocycles. The second kappa shape index (κ2) is 7.19. The largest absolute Gasteiger partial charge is 0.497 e. The first-order valence-electron chi connectivity index (χ1n) is 8.35. The average Bonchev–Trinajstić information content (AvgIpc) is 2.61. The SMILES string of the molecule is COc1ccc(S(=O)(=O)NC(=O)C2(c3ccc(F)cc3)CCC2)c([N+](=O)[O-])c1. The van der Waals surface area contributed by atoms with Crippen LogP contribution in [-0.2, 0) is 20.2 Å². The van der Waals surface area contributed by atoms with Gasteiger partial charge < -0.3 is 4.74 Å². The van der Waals surface area contributed by atoms with Crippen LogP contribution >= 0.6 is 0 Å². The first-order chi connectivity index (χ1) is 13.2. The van der Waals surface area contributed by atoms with Crippen LogP contribution in [0.4, 0.5) is 10.1 Å². The monoisotopic (exact) mass is 408 g/mol. The fourth-order valence-corrected chi connectivity index (χ4v) is 4.42. The Balaban J connectivity index is 1.95. The number of nitrogens with zero attached hydrogens (tertiary/aromatic N) is 1. The number of nitro benzene ring substituents is 1. The van der Waals surface area contributed by atoms with Gasteiger partial charge in [0.05, 0.1) is 23.5 Å². The van der Waals surface area contributed by atoms with Gasteiger partial charge in [-0.15, -0.1) is 0 Å². The second-order valence-electron chi connectivity index (χ2n) is 6.47. The van der Waals surface area contributed by atoms with Crippen molar-refractivity contribution in [3.8, 4) is 5.75 Å². The fourth-order valence-electron chi connectivity index (χ4n) is 3.21. The van der Waals surface area contributed by atoms with E-state index in [2.05, 4.69) is 0 Å². The van der Waals surface area contributed by atoms with Gasteiger partial charge in [0.25, 0.3) is 15.7 Å². The maximum absolute atomic E-state index is 13.2. The molecule has 1 aliphatic carbocycles. The van der Waals surface area contributed by atoms with Crippen LogP contribution in [0.1, 0.15) is 24.8 Å². The highest BCUT2D eigenvalue weighted by Gasteiger charge is 2.47. The van der Waals surface area contributed by atoms with E-state index in [9.17, 15) is 27.7 Å². The van der Waals surface area contributed by atoms with Crippen molar-refractivity contribution in [2.24, 2.45) is 0 Å². The molecule has 1 fully saturated rings. The molecule has 0 aliphatic heterocycles. The lowest BCUT2D eigenvalue weighted by molar-refractivity contribution is -0.387. The van der Waals surface area contributed by atoms with Crippen LogP contribution in [0.2, 0.25) is 0 Å². The van der Waals surface area contributed by atoms with E-state index in [1.165, 1.54) is 37.4 Å². The summed E-state index contributed by atoms with van der Waals surface area (Å²) >= 11 is 0. The number of amides is 1. The van der Waals surface area contributed by atoms with E-state index in [4.69, 9.17) is 4.74 Å². The van der Waals surface area contributed by atoms with E-state index >= 15 is 0 Å². The van der Waals surface area contributed by atoms with Gasteiger partial charge in [-0.25, -0.2) is 17.5 Å². The molecule has 2 aromatic rings. The van der Waals surface area contributed by atoms with Crippen LogP contribution in [0.15, 0.2) is 47.4 Å². The van der Waals surface area contributed by atoms with E-state index in [1.54, 1.807) is 0 Å². The lowest BCUT2D eigenvalue weighted by Crippen LogP contribution is -2.50. The molecule has 0 radical (unpaired) electrons. The quantitative estimate of drug-likeness (QED) is 0.580. The second-order valence-corrected chi connectivity index (χ2v) is 8.12. The summed E-state index contributed by atoms with van der Waals surface area (Å²) in [6.07, 6.45) is 1.49. The zero-order valence-corrected chi connectivity index (χ0v) is 15.7. The van der Waals surface area contributed by atoms with E-state index in [0.717, 1.165) is 12.1 Å². The minimum Gasteiger partial charge on any atom is -0.497 e. The predicted molar refractivity (Wildman–Crippen MR) is 96.9 cm³/mol. The Labute approximate surface area is 160 Å². The number of hydrogen-bond donors (Lipinski definition) is 1. The van der Waals surface area contributed by atoms with E-state index in [1.807, 2.05) is 4.72 Å². The molecule has 1 saturated carbocycles. The summed E-state index contributed by atoms with van der Waals surface area (Å²) in [6.45, 7) is 0. The average molecular weight is 408 g/mol. The molecule has 1 N–H and O–H groups in total. The summed E-state index contributed by atoms with van der Waals surface area (Å²) in [7, 11) is -3.22. The minimum absolute atomic E-state index is 0.110. The highest BCUT2D eigenvalue weighted by molar-refractivity contribution is 7.90. The predicted octanol–water partition coefficient (Wildman–Crippen LogP) is 2.67. The van der Waals surface area contributed by atoms with Gasteiger partial charge in [0.1, 0.15) is 11.6 Å². The molecule has 10 heteroatoms. The molecule has 8 nitrogen and oxygen atoms in total. The van der Waals surface area contributed by atoms with Crippen molar-refractivity contribution in [3.63, 3.8) is 0 Å². The van der Waals surface area contributed by atoms with Crippen molar-refractivity contribution < 1.29 is 27.3 Å². The zero-order chi connectivity index (χ0) is 20.5. The number of carbonyl (C=O) groups is 1. The standard InChI is InChI=1S/C18H17FN2O6S/c1-27-14-7-8-16(15(11-14)21(23)24)28(25,26)20-17(22)18(9-2-10-18)12-3-5-13(19)6-4-12/h3-8,11H,2,9-10H2,1H3,(H,20,22). The third kappa shape index (κ3) is 3.42. The van der Waals surface area contributed by atoms with Gasteiger partial charge in [0.15, 0.2) is 4.90 Å². The Bertz CT molecular complexity index is 1030. The molecule has 2 aromatic carbocycles. The third-order valence-corrected chi connectivity index (χ3v) is 6.30. The number of sulfonamides is 1. The van der Waals surface area contributed by atoms with Crippen molar-refractivity contribution in [1.29, 1.82) is 0 Å². The van der Waals surface area contributed by atoms with Crippen molar-refractivity contribution in [1.82, 2.24) is 4.72 Å². The number of halogens is 1. The van der Waals surface area contributed by atoms with Gasteiger partial charge in [-0.05, 0) is 42.7 Å². The summed E-state index contributed by atoms with van der Waals surface area (Å²) in [4.78, 5) is 22.6. The Morgan fingerprint density at radius 1 is 1.21 bits per heavy atom. The van der Waals surface area contributed by atoms with E-state index in [0.29, 0.717) is 24.8 Å². The van der Waals surface area contributed by atoms with Crippen LogP contribution in [0.5, 0.6) is 5.75 Å². The molecule has 0 heterocycles. The summed E-state index contributed by atoms with van der Waals surface area (Å²) in [6, 6.07) is 8.52. The van der Waals surface area contributed by atoms with Crippen LogP contribution in [0.25, 0.3) is 0 Å². The molecule has 1 aliphatic rings. The van der Waals surface area contributed by atoms with Gasteiger partial charge in [0, 0.05) is 0 Å². The number of nitro groups is 1. The van der Waals surface area contributed by atoms with Gasteiger partial charge in [-0.2, -0.15) is 0 Å². The molecule has 3 rings (SSSR count). The van der Waals surface area contributed by atoms with E-state index < -0.39 is 42.7 Å². The van der Waals surface area contributed by atoms with E-state index in [-0.39, 0.29) is 5.75 Å². The smallest absolute Gasteiger partial charge is 0.293 e. The normalized spacial score (nSPS) is 15.4. The van der Waals surface area contributed by atoms with Crippen LogP contribution in [0, 0.1) is 15.9 Å². The van der Waals surface area contributed by atoms with Crippen LogP contribution in [-0.4, -0.2) is 26.4 Å². The van der Waals surface area contributed by atoms with Crippen LogP contribution < -0.4 is 9.46 Å². The molecule has 0 unspecified atom stereocenters. The summed E-state index contributed by atoms with van der Waals surface area (Å²) in [5.74, 6) is -1.16. The molecule has 1 amide bonds. The molecule has 0 bridgehead atoms. The maximum Gasteiger partial charge on any atom is 0.293 e. The fraction of sp³-hybridized carbons (Fsp3) is 0.278. The van der Waals surface area contributed by atoms with Crippen molar-refractivity contribution in [3.05, 3.63) is 64.0 Å². The number of rotatable bonds is 6. The number of benzene rings is 2. The van der Waals surface area contributed by atoms with Crippen LogP contribution in [0.3, 0.4) is 0 Å². The minimum atomic E-state index is -4.51. The topological polar surface area (TPSA) is 116 Å². The summed E-state index contributed by atoms with van der Waals surface area (Å²) in [5.41, 5.74) is -1.32. The number of ether oxygens (including phenoxy) is 1. The maximum atomic E-state index is 13.2. The first-order valence-corrected chi connectivity index (χ1v) is 9.84. The molecule has 0 aromatic heterocycles. The molecular weight excluding hydrogens is 391 g/mol. The third-order valence-electron chi connectivity index (χ3n) is 4.92. The van der Waals surface area contributed by atoms with Gasteiger partial charge in [0.2, 0.25) is 5.91 Å². The van der Waals surface area contributed by atoms with Crippen molar-refractivity contribution in [2.75, 3.05) is 7.11 Å². The Morgan fingerprint density at radius 2 is 1.86 bits per heavy atom. The highest BCUT2D eigenvalue weighted by atomic mass is 32.2. The number of carbonyl (C=O) groups excluding carboxylic acids is 1. The highest BCUT2D eigenvalue weighted by Crippen LogP contribution is 2.44. The number of methoxy groups -OCH3 is 1. The van der Waals surface area contributed by atoms with Gasteiger partial charge in [-0.1, -0.05) is 18.6 Å². The Kier molecular flexibility index (Phi) is 5.07. The Morgan fingerprint density at radius 3 is 2.36 bits per heavy atom.